The third kappa shape index (κ3) is 2.01. The van der Waals surface area contributed by atoms with Crippen molar-refractivity contribution in [3.8, 4) is 0 Å². The second kappa shape index (κ2) is 4.76. The Kier molecular flexibility index (Phi) is 3.36. The van der Waals surface area contributed by atoms with Gasteiger partial charge < -0.3 is 4.74 Å². The number of likely N-dealkylation sites (tertiary alicyclic amines) is 1. The fourth-order valence-electron chi connectivity index (χ4n) is 2.16. The average Bonchev–Trinajstić information content (AvgIpc) is 2.59. The minimum atomic E-state index is -0.281. The number of hydrogen-bond acceptors (Lipinski definition) is 4. The van der Waals surface area contributed by atoms with Gasteiger partial charge in [-0.1, -0.05) is 6.08 Å². The Hall–Kier alpha value is -1.20. The number of morpholine rings is 1. The van der Waals surface area contributed by atoms with Gasteiger partial charge in [0.15, 0.2) is 0 Å². The van der Waals surface area contributed by atoms with Crippen LogP contribution in [0.2, 0.25) is 0 Å². The van der Waals surface area contributed by atoms with E-state index < -0.39 is 0 Å². The first-order chi connectivity index (χ1) is 7.74. The van der Waals surface area contributed by atoms with E-state index in [1.165, 1.54) is 4.90 Å². The molecule has 0 aromatic carbocycles. The van der Waals surface area contributed by atoms with Crippen LogP contribution in [0.4, 0.5) is 0 Å². The second-order valence-corrected chi connectivity index (χ2v) is 4.00. The summed E-state index contributed by atoms with van der Waals surface area (Å²) in [5.74, 6) is -0.187. The molecule has 2 aliphatic heterocycles. The van der Waals surface area contributed by atoms with Gasteiger partial charge in [0.2, 0.25) is 11.8 Å². The molecule has 0 radical (unpaired) electrons. The summed E-state index contributed by atoms with van der Waals surface area (Å²) in [6, 6.07) is -0.281. The fraction of sp³-hybridized carbons (Fsp3) is 0.636. The summed E-state index contributed by atoms with van der Waals surface area (Å²) in [5.41, 5.74) is 0. The Morgan fingerprint density at radius 3 is 2.69 bits per heavy atom. The predicted octanol–water partition coefficient (Wildman–Crippen LogP) is -0.368. The first kappa shape index (κ1) is 11.3. The highest BCUT2D eigenvalue weighted by Crippen LogP contribution is 2.19. The molecule has 0 saturated carbocycles. The molecule has 0 spiro atoms. The van der Waals surface area contributed by atoms with E-state index in [-0.39, 0.29) is 17.9 Å². The largest absolute Gasteiger partial charge is 0.379 e. The molecule has 2 saturated heterocycles. The molecule has 5 heteroatoms. The van der Waals surface area contributed by atoms with E-state index in [1.807, 2.05) is 4.90 Å². The number of nitrogens with zero attached hydrogens (tertiary/aromatic N) is 2. The Labute approximate surface area is 94.6 Å². The lowest BCUT2D eigenvalue weighted by Gasteiger charge is -2.30. The van der Waals surface area contributed by atoms with E-state index >= 15 is 0 Å². The summed E-state index contributed by atoms with van der Waals surface area (Å²) in [6.45, 7) is 6.60. The van der Waals surface area contributed by atoms with Crippen LogP contribution >= 0.6 is 0 Å². The number of hydrogen-bond donors (Lipinski definition) is 0. The topological polar surface area (TPSA) is 49.9 Å². The Bertz CT molecular complexity index is 310. The van der Waals surface area contributed by atoms with Gasteiger partial charge in [-0.05, 0) is 0 Å². The van der Waals surface area contributed by atoms with Crippen LogP contribution in [0.25, 0.3) is 0 Å². The number of ether oxygens (including phenoxy) is 1. The number of amides is 2. The van der Waals surface area contributed by atoms with E-state index in [0.29, 0.717) is 26.2 Å². The lowest BCUT2D eigenvalue weighted by Crippen LogP contribution is -2.47. The standard InChI is InChI=1S/C11H16N2O3/c1-2-3-13-10(14)8-9(11(13)15)12-4-6-16-7-5-12/h2,9H,1,3-8H2. The quantitative estimate of drug-likeness (QED) is 0.485. The molecule has 0 N–H and O–H groups in total. The summed E-state index contributed by atoms with van der Waals surface area (Å²) in [7, 11) is 0. The van der Waals surface area contributed by atoms with Crippen LogP contribution < -0.4 is 0 Å². The van der Waals surface area contributed by atoms with Gasteiger partial charge in [0.25, 0.3) is 0 Å². The molecule has 1 unspecified atom stereocenters. The molecular weight excluding hydrogens is 208 g/mol. The van der Waals surface area contributed by atoms with Crippen LogP contribution in [0, 0.1) is 0 Å². The molecule has 0 aromatic rings. The van der Waals surface area contributed by atoms with E-state index in [0.717, 1.165) is 13.1 Å². The zero-order valence-electron chi connectivity index (χ0n) is 9.22. The van der Waals surface area contributed by atoms with Gasteiger partial charge >= 0.3 is 0 Å². The van der Waals surface area contributed by atoms with Crippen molar-refractivity contribution >= 4 is 11.8 Å². The average molecular weight is 224 g/mol. The molecule has 2 amide bonds. The minimum Gasteiger partial charge on any atom is -0.379 e. The molecule has 88 valence electrons. The maximum Gasteiger partial charge on any atom is 0.247 e. The molecule has 0 bridgehead atoms. The normalized spacial score (nSPS) is 27.5. The Morgan fingerprint density at radius 1 is 1.38 bits per heavy atom. The molecule has 5 nitrogen and oxygen atoms in total. The number of imide groups is 1. The van der Waals surface area contributed by atoms with Gasteiger partial charge in [-0.25, -0.2) is 0 Å². The van der Waals surface area contributed by atoms with E-state index in [2.05, 4.69) is 6.58 Å². The van der Waals surface area contributed by atoms with Crippen LogP contribution in [-0.4, -0.2) is 60.5 Å². The highest BCUT2D eigenvalue weighted by Gasteiger charge is 2.41. The number of carbonyl (C=O) groups is 2. The van der Waals surface area contributed by atoms with Crippen LogP contribution in [0.3, 0.4) is 0 Å². The molecule has 2 fully saturated rings. The molecule has 1 atom stereocenters. The summed E-state index contributed by atoms with van der Waals surface area (Å²) in [4.78, 5) is 26.9. The highest BCUT2D eigenvalue weighted by molar-refractivity contribution is 6.05. The van der Waals surface area contributed by atoms with Crippen molar-refractivity contribution in [2.75, 3.05) is 32.8 Å². The van der Waals surface area contributed by atoms with Crippen molar-refractivity contribution in [1.29, 1.82) is 0 Å². The lowest BCUT2D eigenvalue weighted by molar-refractivity contribution is -0.139. The predicted molar refractivity (Wildman–Crippen MR) is 57.7 cm³/mol. The monoisotopic (exact) mass is 224 g/mol. The van der Waals surface area contributed by atoms with Crippen molar-refractivity contribution in [2.45, 2.75) is 12.5 Å². The van der Waals surface area contributed by atoms with Crippen molar-refractivity contribution in [3.05, 3.63) is 12.7 Å². The zero-order chi connectivity index (χ0) is 11.5. The first-order valence-electron chi connectivity index (χ1n) is 5.51. The van der Waals surface area contributed by atoms with Crippen molar-refractivity contribution in [3.63, 3.8) is 0 Å². The Balaban J connectivity index is 2.04. The maximum atomic E-state index is 12.0. The number of rotatable bonds is 3. The molecule has 0 aliphatic carbocycles. The summed E-state index contributed by atoms with van der Waals surface area (Å²) >= 11 is 0. The van der Waals surface area contributed by atoms with E-state index in [1.54, 1.807) is 6.08 Å². The lowest BCUT2D eigenvalue weighted by atomic mass is 10.2. The van der Waals surface area contributed by atoms with E-state index in [9.17, 15) is 9.59 Å². The van der Waals surface area contributed by atoms with Gasteiger partial charge in [-0.3, -0.25) is 19.4 Å². The summed E-state index contributed by atoms with van der Waals surface area (Å²) in [6.07, 6.45) is 1.88. The third-order valence-electron chi connectivity index (χ3n) is 3.02. The molecule has 16 heavy (non-hydrogen) atoms. The summed E-state index contributed by atoms with van der Waals surface area (Å²) < 4.78 is 5.23. The third-order valence-corrected chi connectivity index (χ3v) is 3.02. The van der Waals surface area contributed by atoms with Gasteiger partial charge in [-0.2, -0.15) is 0 Å². The SMILES string of the molecule is C=CCN1C(=O)CC(N2CCOCC2)C1=O. The van der Waals surface area contributed by atoms with Gasteiger partial charge in [0, 0.05) is 19.6 Å². The number of carbonyl (C=O) groups excluding carboxylic acids is 2. The molecular formula is C11H16N2O3. The van der Waals surface area contributed by atoms with Crippen molar-refractivity contribution < 1.29 is 14.3 Å². The fourth-order valence-corrected chi connectivity index (χ4v) is 2.16. The minimum absolute atomic E-state index is 0.0909. The van der Waals surface area contributed by atoms with Gasteiger partial charge in [0.05, 0.1) is 25.7 Å². The molecule has 0 aromatic heterocycles. The van der Waals surface area contributed by atoms with Crippen molar-refractivity contribution in [2.24, 2.45) is 0 Å². The van der Waals surface area contributed by atoms with Crippen LogP contribution in [0.1, 0.15) is 6.42 Å². The zero-order valence-corrected chi connectivity index (χ0v) is 9.22. The van der Waals surface area contributed by atoms with Crippen molar-refractivity contribution in [1.82, 2.24) is 9.80 Å². The van der Waals surface area contributed by atoms with Crippen LogP contribution in [0.5, 0.6) is 0 Å². The molecule has 2 heterocycles. The van der Waals surface area contributed by atoms with Crippen LogP contribution in [0.15, 0.2) is 12.7 Å². The second-order valence-electron chi connectivity index (χ2n) is 4.00. The molecule has 2 aliphatic rings. The Morgan fingerprint density at radius 2 is 2.06 bits per heavy atom. The van der Waals surface area contributed by atoms with Gasteiger partial charge in [-0.15, -0.1) is 6.58 Å². The first-order valence-corrected chi connectivity index (χ1v) is 5.51. The smallest absolute Gasteiger partial charge is 0.247 e. The molecule has 2 rings (SSSR count). The summed E-state index contributed by atoms with van der Waals surface area (Å²) in [5, 5.41) is 0. The van der Waals surface area contributed by atoms with E-state index in [4.69, 9.17) is 4.74 Å². The van der Waals surface area contributed by atoms with Crippen LogP contribution in [-0.2, 0) is 14.3 Å². The highest BCUT2D eigenvalue weighted by atomic mass is 16.5. The maximum absolute atomic E-state index is 12.0. The van der Waals surface area contributed by atoms with Gasteiger partial charge in [0.1, 0.15) is 0 Å².